The molecule has 0 amide bonds. The SMILES string of the molecule is C[Si](C)(C)c1ccc([O][Zr]([O]c2ccc([Si](C)(C)C)cc2)([C]2=CC=CC2)[C]2=CC=CC2)cc1. The summed E-state index contributed by atoms with van der Waals surface area (Å²) < 4.78 is 16.7. The van der Waals surface area contributed by atoms with Crippen LogP contribution in [0, 0.1) is 0 Å². The summed E-state index contributed by atoms with van der Waals surface area (Å²) in [6.45, 7) is 14.3. The van der Waals surface area contributed by atoms with E-state index in [0.717, 1.165) is 24.3 Å². The van der Waals surface area contributed by atoms with E-state index in [9.17, 15) is 0 Å². The standard InChI is InChI=1S/2C9H14OSi.2C5H5.Zr/c2*1-11(2,3)9-6-4-8(10)5-7-9;2*1-2-4-5-3-1;/h2*4-7,10H,1-3H3;2*1-3H,4H2;/q;;;;+2/p-2. The molecule has 0 radical (unpaired) electrons. The molecular formula is C28H36O2Si2Zr. The molecule has 0 atom stereocenters. The molecule has 0 spiro atoms. The van der Waals surface area contributed by atoms with Gasteiger partial charge in [0.25, 0.3) is 0 Å². The van der Waals surface area contributed by atoms with Gasteiger partial charge in [-0.25, -0.2) is 0 Å². The molecule has 33 heavy (non-hydrogen) atoms. The van der Waals surface area contributed by atoms with Gasteiger partial charge in [-0.2, -0.15) is 0 Å². The Labute approximate surface area is 207 Å². The Balaban J connectivity index is 1.73. The van der Waals surface area contributed by atoms with Gasteiger partial charge in [-0.3, -0.25) is 0 Å². The summed E-state index contributed by atoms with van der Waals surface area (Å²) in [6.07, 6.45) is 15.0. The predicted octanol–water partition coefficient (Wildman–Crippen LogP) is 6.91. The first-order valence-corrected chi connectivity index (χ1v) is 23.4. The molecule has 0 aromatic heterocycles. The molecule has 0 bridgehead atoms. The van der Waals surface area contributed by atoms with Crippen LogP contribution in [0.1, 0.15) is 12.8 Å². The third-order valence-electron chi connectivity index (χ3n) is 6.35. The molecule has 2 nitrogen and oxygen atoms in total. The predicted molar refractivity (Wildman–Crippen MR) is 144 cm³/mol. The second-order valence-electron chi connectivity index (χ2n) is 11.0. The van der Waals surface area contributed by atoms with E-state index in [-0.39, 0.29) is 0 Å². The number of allylic oxidation sites excluding steroid dienone is 8. The molecule has 4 rings (SSSR count). The summed E-state index contributed by atoms with van der Waals surface area (Å²) in [5.41, 5.74) is 0. The minimum atomic E-state index is -3.92. The Hall–Kier alpha value is -1.68. The fourth-order valence-corrected chi connectivity index (χ4v) is 14.7. The average Bonchev–Trinajstić information content (AvgIpc) is 3.47. The first kappa shape index (κ1) is 24.4. The van der Waals surface area contributed by atoms with Gasteiger partial charge in [0.2, 0.25) is 0 Å². The van der Waals surface area contributed by atoms with Gasteiger partial charge in [-0.05, 0) is 0 Å². The second kappa shape index (κ2) is 9.52. The van der Waals surface area contributed by atoms with Crippen molar-refractivity contribution in [2.75, 3.05) is 0 Å². The Morgan fingerprint density at radius 2 is 0.939 bits per heavy atom. The number of rotatable bonds is 8. The summed E-state index contributed by atoms with van der Waals surface area (Å²) in [6, 6.07) is 17.6. The van der Waals surface area contributed by atoms with E-state index in [4.69, 9.17) is 5.63 Å². The molecule has 0 N–H and O–H groups in total. The molecule has 0 saturated heterocycles. The molecule has 0 saturated carbocycles. The van der Waals surface area contributed by atoms with Crippen LogP contribution in [0.25, 0.3) is 0 Å². The number of benzene rings is 2. The number of hydrogen-bond acceptors (Lipinski definition) is 2. The average molecular weight is 552 g/mol. The van der Waals surface area contributed by atoms with Gasteiger partial charge >= 0.3 is 208 Å². The van der Waals surface area contributed by atoms with Crippen molar-refractivity contribution in [2.24, 2.45) is 0 Å². The van der Waals surface area contributed by atoms with Crippen LogP contribution in [0.2, 0.25) is 39.3 Å². The van der Waals surface area contributed by atoms with Gasteiger partial charge in [0, 0.05) is 0 Å². The summed E-state index contributed by atoms with van der Waals surface area (Å²) >= 11 is -3.92. The molecule has 2 aliphatic rings. The van der Waals surface area contributed by atoms with Crippen molar-refractivity contribution >= 4 is 26.5 Å². The van der Waals surface area contributed by atoms with E-state index in [1.165, 1.54) is 16.9 Å². The van der Waals surface area contributed by atoms with Crippen LogP contribution in [0.3, 0.4) is 0 Å². The van der Waals surface area contributed by atoms with E-state index in [0.29, 0.717) is 0 Å². The van der Waals surface area contributed by atoms with Crippen LogP contribution in [0.5, 0.6) is 11.5 Å². The van der Waals surface area contributed by atoms with Crippen molar-refractivity contribution in [1.29, 1.82) is 0 Å². The maximum atomic E-state index is 7.03. The summed E-state index contributed by atoms with van der Waals surface area (Å²) in [7, 11) is -2.71. The van der Waals surface area contributed by atoms with E-state index in [1.807, 2.05) is 0 Å². The van der Waals surface area contributed by atoms with Crippen LogP contribution in [0.15, 0.2) is 91.5 Å². The van der Waals surface area contributed by atoms with E-state index >= 15 is 0 Å². The van der Waals surface area contributed by atoms with E-state index < -0.39 is 37.3 Å². The molecule has 0 fully saturated rings. The molecule has 2 aromatic rings. The fourth-order valence-electron chi connectivity index (χ4n) is 4.25. The van der Waals surface area contributed by atoms with Gasteiger partial charge in [0.15, 0.2) is 0 Å². The first-order chi connectivity index (χ1) is 15.6. The van der Waals surface area contributed by atoms with Crippen molar-refractivity contribution < 1.29 is 26.8 Å². The van der Waals surface area contributed by atoms with Crippen LogP contribution >= 0.6 is 0 Å². The normalized spacial score (nSPS) is 16.1. The van der Waals surface area contributed by atoms with E-state index in [1.54, 1.807) is 0 Å². The van der Waals surface area contributed by atoms with Crippen LogP contribution in [-0.2, 0) is 21.1 Å². The van der Waals surface area contributed by atoms with Crippen molar-refractivity contribution in [2.45, 2.75) is 52.1 Å². The van der Waals surface area contributed by atoms with Gasteiger partial charge in [0.05, 0.1) is 0 Å². The zero-order valence-electron chi connectivity index (χ0n) is 20.8. The van der Waals surface area contributed by atoms with E-state index in [2.05, 4.69) is 124 Å². The Kier molecular flexibility index (Phi) is 7.05. The fraction of sp³-hybridized carbons (Fsp3) is 0.286. The molecule has 0 unspecified atom stereocenters. The first-order valence-electron chi connectivity index (χ1n) is 11.9. The Bertz CT molecular complexity index is 1020. The maximum absolute atomic E-state index is 7.03. The zero-order valence-corrected chi connectivity index (χ0v) is 25.3. The third kappa shape index (κ3) is 5.53. The summed E-state index contributed by atoms with van der Waals surface area (Å²) in [5.74, 6) is 1.85. The van der Waals surface area contributed by atoms with Gasteiger partial charge in [0.1, 0.15) is 0 Å². The molecule has 2 aromatic carbocycles. The molecule has 2 aliphatic carbocycles. The monoisotopic (exact) mass is 550 g/mol. The van der Waals surface area contributed by atoms with Gasteiger partial charge in [-0.1, -0.05) is 0 Å². The summed E-state index contributed by atoms with van der Waals surface area (Å²) in [4.78, 5) is 0. The topological polar surface area (TPSA) is 18.5 Å². The molecule has 0 heterocycles. The van der Waals surface area contributed by atoms with Crippen molar-refractivity contribution in [3.8, 4) is 11.5 Å². The van der Waals surface area contributed by atoms with Crippen LogP contribution in [0.4, 0.5) is 0 Å². The molecule has 172 valence electrons. The van der Waals surface area contributed by atoms with Crippen molar-refractivity contribution in [3.05, 3.63) is 91.5 Å². The molecule has 5 heteroatoms. The van der Waals surface area contributed by atoms with Crippen LogP contribution < -0.4 is 16.0 Å². The number of hydrogen-bond donors (Lipinski definition) is 0. The van der Waals surface area contributed by atoms with Crippen LogP contribution in [-0.4, -0.2) is 16.1 Å². The minimum absolute atomic E-state index is 0.910. The van der Waals surface area contributed by atoms with Gasteiger partial charge in [-0.15, -0.1) is 0 Å². The Morgan fingerprint density at radius 1 is 0.576 bits per heavy atom. The Morgan fingerprint density at radius 3 is 1.21 bits per heavy atom. The third-order valence-corrected chi connectivity index (χ3v) is 19.0. The zero-order chi connectivity index (χ0) is 23.7. The summed E-state index contributed by atoms with van der Waals surface area (Å²) in [5, 5.41) is 2.89. The van der Waals surface area contributed by atoms with Crippen molar-refractivity contribution in [3.63, 3.8) is 0 Å². The molecular weight excluding hydrogens is 516 g/mol. The van der Waals surface area contributed by atoms with Crippen molar-refractivity contribution in [1.82, 2.24) is 0 Å². The molecule has 0 aliphatic heterocycles. The van der Waals surface area contributed by atoms with Gasteiger partial charge < -0.3 is 0 Å². The second-order valence-corrected chi connectivity index (χ2v) is 28.4. The quantitative estimate of drug-likeness (QED) is 0.332.